The first kappa shape index (κ1) is 12.7. The summed E-state index contributed by atoms with van der Waals surface area (Å²) in [5.41, 5.74) is 7.01. The third-order valence-electron chi connectivity index (χ3n) is 4.02. The third kappa shape index (κ3) is 2.66. The highest BCUT2D eigenvalue weighted by Crippen LogP contribution is 2.39. The number of nitrogens with two attached hydrogens (primary N) is 1. The van der Waals surface area contributed by atoms with Gasteiger partial charge in [-0.2, -0.15) is 0 Å². The van der Waals surface area contributed by atoms with Gasteiger partial charge in [0, 0.05) is 12.2 Å². The van der Waals surface area contributed by atoms with Crippen molar-refractivity contribution in [3.05, 3.63) is 11.9 Å². The Labute approximate surface area is 114 Å². The Hall–Kier alpha value is -1.36. The van der Waals surface area contributed by atoms with Crippen LogP contribution >= 0.6 is 0 Å². The molecule has 1 aliphatic carbocycles. The second-order valence-corrected chi connectivity index (χ2v) is 5.55. The van der Waals surface area contributed by atoms with Gasteiger partial charge in [0.15, 0.2) is 0 Å². The summed E-state index contributed by atoms with van der Waals surface area (Å²) in [4.78, 5) is 8.47. The lowest BCUT2D eigenvalue weighted by Crippen LogP contribution is -2.32. The van der Waals surface area contributed by atoms with Crippen LogP contribution in [-0.2, 0) is 11.2 Å². The number of anilines is 2. The van der Waals surface area contributed by atoms with Crippen molar-refractivity contribution in [2.24, 2.45) is 5.92 Å². The minimum atomic E-state index is 0.352. The lowest BCUT2D eigenvalue weighted by atomic mass is 10.1. The van der Waals surface area contributed by atoms with Crippen LogP contribution < -0.4 is 11.1 Å². The van der Waals surface area contributed by atoms with Crippen molar-refractivity contribution >= 4 is 11.6 Å². The van der Waals surface area contributed by atoms with Crippen molar-refractivity contribution < 1.29 is 4.74 Å². The van der Waals surface area contributed by atoms with Gasteiger partial charge in [-0.15, -0.1) is 0 Å². The Morgan fingerprint density at radius 3 is 2.95 bits per heavy atom. The number of hydrogen-bond acceptors (Lipinski definition) is 5. The molecule has 2 unspecified atom stereocenters. The average Bonchev–Trinajstić information content (AvgIpc) is 3.14. The SMILES string of the molecule is CCCc1c(N)ncnc1NC1CCOC1C1CC1. The fraction of sp³-hybridized carbons (Fsp3) is 0.714. The molecule has 2 atom stereocenters. The molecule has 1 saturated carbocycles. The van der Waals surface area contributed by atoms with E-state index in [4.69, 9.17) is 10.5 Å². The van der Waals surface area contributed by atoms with Gasteiger partial charge in [0.1, 0.15) is 18.0 Å². The fourth-order valence-corrected chi connectivity index (χ4v) is 2.88. The van der Waals surface area contributed by atoms with Crippen molar-refractivity contribution in [3.8, 4) is 0 Å². The summed E-state index contributed by atoms with van der Waals surface area (Å²) >= 11 is 0. The van der Waals surface area contributed by atoms with Gasteiger partial charge >= 0.3 is 0 Å². The summed E-state index contributed by atoms with van der Waals surface area (Å²) in [6.45, 7) is 2.99. The van der Waals surface area contributed by atoms with Gasteiger partial charge in [-0.25, -0.2) is 9.97 Å². The second kappa shape index (κ2) is 5.33. The molecule has 2 heterocycles. The highest BCUT2D eigenvalue weighted by molar-refractivity contribution is 5.55. The summed E-state index contributed by atoms with van der Waals surface area (Å²) in [6.07, 6.45) is 7.50. The molecule has 5 heteroatoms. The van der Waals surface area contributed by atoms with E-state index in [-0.39, 0.29) is 0 Å². The normalized spacial score (nSPS) is 26.6. The molecular weight excluding hydrogens is 240 g/mol. The molecule has 19 heavy (non-hydrogen) atoms. The number of rotatable bonds is 5. The standard InChI is InChI=1S/C14H22N4O/c1-2-3-10-13(15)16-8-17-14(10)18-11-6-7-19-12(11)9-4-5-9/h8-9,11-12H,2-7H2,1H3,(H3,15,16,17,18). The smallest absolute Gasteiger partial charge is 0.135 e. The Morgan fingerprint density at radius 2 is 2.21 bits per heavy atom. The highest BCUT2D eigenvalue weighted by atomic mass is 16.5. The van der Waals surface area contributed by atoms with E-state index in [2.05, 4.69) is 22.2 Å². The zero-order valence-corrected chi connectivity index (χ0v) is 11.4. The fourth-order valence-electron chi connectivity index (χ4n) is 2.88. The van der Waals surface area contributed by atoms with E-state index in [1.807, 2.05) is 0 Å². The average molecular weight is 262 g/mol. The summed E-state index contributed by atoms with van der Waals surface area (Å²) in [7, 11) is 0. The monoisotopic (exact) mass is 262 g/mol. The van der Waals surface area contributed by atoms with E-state index >= 15 is 0 Å². The summed E-state index contributed by atoms with van der Waals surface area (Å²) < 4.78 is 5.85. The molecule has 0 amide bonds. The number of ether oxygens (including phenoxy) is 1. The molecule has 0 aromatic carbocycles. The molecular formula is C14H22N4O. The molecule has 2 aliphatic rings. The van der Waals surface area contributed by atoms with E-state index < -0.39 is 0 Å². The first-order chi connectivity index (χ1) is 9.29. The molecule has 1 aliphatic heterocycles. The molecule has 0 spiro atoms. The van der Waals surface area contributed by atoms with Crippen molar-refractivity contribution in [2.75, 3.05) is 17.7 Å². The van der Waals surface area contributed by atoms with Crippen LogP contribution in [0.4, 0.5) is 11.6 Å². The molecule has 2 fully saturated rings. The molecule has 3 N–H and O–H groups in total. The van der Waals surface area contributed by atoms with Gasteiger partial charge in [0.2, 0.25) is 0 Å². The van der Waals surface area contributed by atoms with Gasteiger partial charge in [0.05, 0.1) is 12.1 Å². The van der Waals surface area contributed by atoms with Crippen LogP contribution in [0.25, 0.3) is 0 Å². The van der Waals surface area contributed by atoms with E-state index in [0.29, 0.717) is 18.0 Å². The first-order valence-corrected chi connectivity index (χ1v) is 7.27. The van der Waals surface area contributed by atoms with Gasteiger partial charge in [-0.1, -0.05) is 13.3 Å². The Kier molecular flexibility index (Phi) is 3.55. The third-order valence-corrected chi connectivity index (χ3v) is 4.02. The van der Waals surface area contributed by atoms with E-state index in [1.165, 1.54) is 12.8 Å². The van der Waals surface area contributed by atoms with Crippen molar-refractivity contribution in [1.29, 1.82) is 0 Å². The lowest BCUT2D eigenvalue weighted by Gasteiger charge is -2.21. The maximum Gasteiger partial charge on any atom is 0.135 e. The zero-order chi connectivity index (χ0) is 13.2. The molecule has 1 aromatic rings. The molecule has 1 saturated heterocycles. The molecule has 5 nitrogen and oxygen atoms in total. The Bertz CT molecular complexity index is 447. The predicted octanol–water partition coefficient (Wildman–Crippen LogP) is 1.99. The quantitative estimate of drug-likeness (QED) is 0.849. The maximum atomic E-state index is 5.97. The van der Waals surface area contributed by atoms with Crippen molar-refractivity contribution in [1.82, 2.24) is 9.97 Å². The predicted molar refractivity (Wildman–Crippen MR) is 74.9 cm³/mol. The van der Waals surface area contributed by atoms with Gasteiger partial charge in [0.25, 0.3) is 0 Å². The van der Waals surface area contributed by atoms with Gasteiger partial charge in [-0.05, 0) is 31.6 Å². The molecule has 3 rings (SSSR count). The van der Waals surface area contributed by atoms with Crippen LogP contribution in [0.1, 0.15) is 38.2 Å². The second-order valence-electron chi connectivity index (χ2n) is 5.55. The minimum absolute atomic E-state index is 0.352. The van der Waals surface area contributed by atoms with E-state index in [1.54, 1.807) is 6.33 Å². The number of aromatic nitrogens is 2. The number of nitrogens with one attached hydrogen (secondary N) is 1. The van der Waals surface area contributed by atoms with Crippen LogP contribution in [0.3, 0.4) is 0 Å². The maximum absolute atomic E-state index is 5.97. The largest absolute Gasteiger partial charge is 0.383 e. The van der Waals surface area contributed by atoms with Gasteiger partial charge in [-0.3, -0.25) is 0 Å². The molecule has 1 aromatic heterocycles. The van der Waals surface area contributed by atoms with Crippen LogP contribution in [0.5, 0.6) is 0 Å². The summed E-state index contributed by atoms with van der Waals surface area (Å²) in [5.74, 6) is 2.24. The van der Waals surface area contributed by atoms with Crippen LogP contribution in [0.15, 0.2) is 6.33 Å². The van der Waals surface area contributed by atoms with E-state index in [9.17, 15) is 0 Å². The molecule has 0 radical (unpaired) electrons. The van der Waals surface area contributed by atoms with Crippen LogP contribution in [0.2, 0.25) is 0 Å². The van der Waals surface area contributed by atoms with E-state index in [0.717, 1.165) is 43.2 Å². The van der Waals surface area contributed by atoms with Gasteiger partial charge < -0.3 is 15.8 Å². The number of hydrogen-bond donors (Lipinski definition) is 2. The molecule has 0 bridgehead atoms. The highest BCUT2D eigenvalue weighted by Gasteiger charge is 2.40. The Balaban J connectivity index is 1.76. The topological polar surface area (TPSA) is 73.1 Å². The van der Waals surface area contributed by atoms with Crippen molar-refractivity contribution in [2.45, 2.75) is 51.2 Å². The zero-order valence-electron chi connectivity index (χ0n) is 11.4. The van der Waals surface area contributed by atoms with Crippen LogP contribution in [-0.4, -0.2) is 28.7 Å². The summed E-state index contributed by atoms with van der Waals surface area (Å²) in [5, 5.41) is 3.55. The number of nitrogen functional groups attached to an aromatic ring is 1. The minimum Gasteiger partial charge on any atom is -0.383 e. The summed E-state index contributed by atoms with van der Waals surface area (Å²) in [6, 6.07) is 0.373. The Morgan fingerprint density at radius 1 is 1.37 bits per heavy atom. The lowest BCUT2D eigenvalue weighted by molar-refractivity contribution is 0.0898. The first-order valence-electron chi connectivity index (χ1n) is 7.27. The number of nitrogens with zero attached hydrogens (tertiary/aromatic N) is 2. The van der Waals surface area contributed by atoms with Crippen LogP contribution in [0, 0.1) is 5.92 Å². The molecule has 104 valence electrons. The van der Waals surface area contributed by atoms with Crippen molar-refractivity contribution in [3.63, 3.8) is 0 Å².